The second kappa shape index (κ2) is 4.84. The largest absolute Gasteiger partial charge is 0.481 e. The first kappa shape index (κ1) is 14.4. The van der Waals surface area contributed by atoms with Gasteiger partial charge in [-0.05, 0) is 41.0 Å². The highest BCUT2D eigenvalue weighted by Gasteiger charge is 2.23. The minimum absolute atomic E-state index is 0.155. The molecule has 0 fully saturated rings. The highest BCUT2D eigenvalue weighted by Crippen LogP contribution is 2.29. The molecule has 0 aliphatic heterocycles. The van der Waals surface area contributed by atoms with Gasteiger partial charge in [-0.15, -0.1) is 0 Å². The summed E-state index contributed by atoms with van der Waals surface area (Å²) < 4.78 is 0. The van der Waals surface area contributed by atoms with Crippen LogP contribution in [0.2, 0.25) is 0 Å². The van der Waals surface area contributed by atoms with Crippen LogP contribution >= 0.6 is 0 Å². The van der Waals surface area contributed by atoms with Crippen molar-refractivity contribution in [3.8, 4) is 0 Å². The Kier molecular flexibility index (Phi) is 3.49. The van der Waals surface area contributed by atoms with Crippen molar-refractivity contribution < 1.29 is 9.90 Å². The lowest BCUT2D eigenvalue weighted by Crippen LogP contribution is -2.47. The number of carbonyl (C=O) groups is 1. The summed E-state index contributed by atoms with van der Waals surface area (Å²) in [6.45, 7) is 0. The van der Waals surface area contributed by atoms with Gasteiger partial charge >= 0.3 is 5.97 Å². The number of carboxylic acid groups (broad SMARTS) is 1. The van der Waals surface area contributed by atoms with Gasteiger partial charge in [0.05, 0.1) is 6.42 Å². The molecule has 9 N–H and O–H groups in total. The van der Waals surface area contributed by atoms with Crippen LogP contribution in [-0.2, 0) is 4.79 Å². The summed E-state index contributed by atoms with van der Waals surface area (Å²) in [5.41, 5.74) is 23.1. The van der Waals surface area contributed by atoms with Crippen molar-refractivity contribution in [3.05, 3.63) is 59.3 Å². The van der Waals surface area contributed by atoms with E-state index in [0.29, 0.717) is 5.57 Å². The van der Waals surface area contributed by atoms with Crippen LogP contribution in [0.1, 0.15) is 6.42 Å². The first-order valence-corrected chi connectivity index (χ1v) is 6.10. The fourth-order valence-corrected chi connectivity index (χ4v) is 2.11. The van der Waals surface area contributed by atoms with Crippen LogP contribution < -0.4 is 22.9 Å². The molecule has 2 rings (SSSR count). The standard InChI is InChI=1S/C14H18N4O2/c15-13(16)4-1-9(2-5-13)11-3-6-14(17,18)8-10(11)7-12(19)20/h1-6,8H,7,15-18H2,(H,19,20). The van der Waals surface area contributed by atoms with Crippen LogP contribution in [0.25, 0.3) is 0 Å². The third-order valence-electron chi connectivity index (χ3n) is 3.06. The summed E-state index contributed by atoms with van der Waals surface area (Å²) >= 11 is 0. The maximum Gasteiger partial charge on any atom is 0.307 e. The number of rotatable bonds is 2. The number of carboxylic acids is 1. The summed E-state index contributed by atoms with van der Waals surface area (Å²) in [5.74, 6) is -0.948. The molecule has 6 nitrogen and oxygen atoms in total. The zero-order valence-corrected chi connectivity index (χ0v) is 10.9. The molecule has 20 heavy (non-hydrogen) atoms. The van der Waals surface area contributed by atoms with Crippen molar-refractivity contribution in [2.45, 2.75) is 17.7 Å². The van der Waals surface area contributed by atoms with E-state index in [1.807, 2.05) is 0 Å². The molecule has 6 heteroatoms. The Morgan fingerprint density at radius 3 is 2.10 bits per heavy atom. The molecule has 0 radical (unpaired) electrons. The summed E-state index contributed by atoms with van der Waals surface area (Å²) in [6.07, 6.45) is 11.6. The van der Waals surface area contributed by atoms with Crippen LogP contribution in [0.15, 0.2) is 59.3 Å². The quantitative estimate of drug-likeness (QED) is 0.434. The van der Waals surface area contributed by atoms with E-state index in [1.54, 1.807) is 42.5 Å². The number of hydrogen-bond donors (Lipinski definition) is 5. The van der Waals surface area contributed by atoms with Gasteiger partial charge in [0.2, 0.25) is 0 Å². The molecule has 0 saturated carbocycles. The minimum Gasteiger partial charge on any atom is -0.481 e. The van der Waals surface area contributed by atoms with Gasteiger partial charge < -0.3 is 28.0 Å². The van der Waals surface area contributed by atoms with Crippen molar-refractivity contribution in [1.29, 1.82) is 0 Å². The lowest BCUT2D eigenvalue weighted by molar-refractivity contribution is -0.136. The predicted molar refractivity (Wildman–Crippen MR) is 77.0 cm³/mol. The van der Waals surface area contributed by atoms with Gasteiger partial charge in [-0.1, -0.05) is 18.2 Å². The predicted octanol–water partition coefficient (Wildman–Crippen LogP) is -0.393. The summed E-state index contributed by atoms with van der Waals surface area (Å²) in [6, 6.07) is 0. The fraction of sp³-hybridized carbons (Fsp3) is 0.214. The molecule has 0 atom stereocenters. The summed E-state index contributed by atoms with van der Waals surface area (Å²) in [7, 11) is 0. The second-order valence-corrected chi connectivity index (χ2v) is 5.11. The van der Waals surface area contributed by atoms with Crippen molar-refractivity contribution in [2.75, 3.05) is 0 Å². The van der Waals surface area contributed by atoms with Crippen LogP contribution in [-0.4, -0.2) is 22.4 Å². The van der Waals surface area contributed by atoms with Crippen molar-refractivity contribution in [1.82, 2.24) is 0 Å². The van der Waals surface area contributed by atoms with Crippen LogP contribution in [0.4, 0.5) is 0 Å². The monoisotopic (exact) mass is 274 g/mol. The van der Waals surface area contributed by atoms with Gasteiger partial charge in [-0.3, -0.25) is 4.79 Å². The molecule has 0 bridgehead atoms. The average Bonchev–Trinajstić information content (AvgIpc) is 2.28. The van der Waals surface area contributed by atoms with Crippen molar-refractivity contribution in [3.63, 3.8) is 0 Å². The molecule has 0 amide bonds. The zero-order valence-electron chi connectivity index (χ0n) is 10.9. The Morgan fingerprint density at radius 2 is 1.55 bits per heavy atom. The second-order valence-electron chi connectivity index (χ2n) is 5.11. The third-order valence-corrected chi connectivity index (χ3v) is 3.06. The average molecular weight is 274 g/mol. The normalized spacial score (nSPS) is 22.9. The number of hydrogen-bond acceptors (Lipinski definition) is 5. The summed E-state index contributed by atoms with van der Waals surface area (Å²) in [4.78, 5) is 11.0. The van der Waals surface area contributed by atoms with Gasteiger partial charge in [0, 0.05) is 0 Å². The molecule has 0 heterocycles. The Balaban J connectivity index is 2.43. The summed E-state index contributed by atoms with van der Waals surface area (Å²) in [5, 5.41) is 8.99. The van der Waals surface area contributed by atoms with Crippen LogP contribution in [0, 0.1) is 0 Å². The number of nitrogens with two attached hydrogens (primary N) is 4. The molecule has 0 aromatic heterocycles. The van der Waals surface area contributed by atoms with E-state index in [1.165, 1.54) is 0 Å². The highest BCUT2D eigenvalue weighted by molar-refractivity contribution is 5.74. The fourth-order valence-electron chi connectivity index (χ4n) is 2.11. The SMILES string of the molecule is NC1(N)C=CC(=C2C=CC(N)(N)C=C2CC(=O)O)C=C1. The van der Waals surface area contributed by atoms with Gasteiger partial charge in [-0.2, -0.15) is 0 Å². The molecule has 0 aromatic rings. The first-order chi connectivity index (χ1) is 9.19. The van der Waals surface area contributed by atoms with Crippen molar-refractivity contribution >= 4 is 5.97 Å². The third kappa shape index (κ3) is 3.31. The highest BCUT2D eigenvalue weighted by atomic mass is 16.4. The molecule has 2 aliphatic rings. The van der Waals surface area contributed by atoms with E-state index in [4.69, 9.17) is 28.0 Å². The lowest BCUT2D eigenvalue weighted by atomic mass is 9.87. The molecule has 0 spiro atoms. The maximum absolute atomic E-state index is 11.0. The Bertz CT molecular complexity index is 574. The molecule has 0 unspecified atom stereocenters. The van der Waals surface area contributed by atoms with Gasteiger partial charge in [0.25, 0.3) is 0 Å². The van der Waals surface area contributed by atoms with Crippen LogP contribution in [0.5, 0.6) is 0 Å². The van der Waals surface area contributed by atoms with E-state index in [-0.39, 0.29) is 6.42 Å². The smallest absolute Gasteiger partial charge is 0.307 e. The lowest BCUT2D eigenvalue weighted by Gasteiger charge is -2.26. The molecule has 2 aliphatic carbocycles. The molecular weight excluding hydrogens is 256 g/mol. The van der Waals surface area contributed by atoms with Crippen molar-refractivity contribution in [2.24, 2.45) is 22.9 Å². The van der Waals surface area contributed by atoms with E-state index in [9.17, 15) is 4.79 Å². The Morgan fingerprint density at radius 1 is 1.00 bits per heavy atom. The zero-order chi connectivity index (χ0) is 15.0. The van der Waals surface area contributed by atoms with Gasteiger partial charge in [-0.25, -0.2) is 0 Å². The van der Waals surface area contributed by atoms with Crippen LogP contribution in [0.3, 0.4) is 0 Å². The topological polar surface area (TPSA) is 141 Å². The molecule has 106 valence electrons. The van der Waals surface area contributed by atoms with E-state index < -0.39 is 17.3 Å². The molecule has 0 saturated heterocycles. The number of allylic oxidation sites excluding steroid dienone is 5. The molecule has 0 aromatic carbocycles. The first-order valence-electron chi connectivity index (χ1n) is 6.10. The minimum atomic E-state index is -1.14. The number of aliphatic carboxylic acids is 1. The maximum atomic E-state index is 11.0. The van der Waals surface area contributed by atoms with E-state index in [0.717, 1.165) is 11.1 Å². The van der Waals surface area contributed by atoms with Gasteiger partial charge in [0.1, 0.15) is 11.3 Å². The van der Waals surface area contributed by atoms with E-state index in [2.05, 4.69) is 0 Å². The van der Waals surface area contributed by atoms with Gasteiger partial charge in [0.15, 0.2) is 0 Å². The van der Waals surface area contributed by atoms with E-state index >= 15 is 0 Å². The Labute approximate surface area is 116 Å². The molecular formula is C14H18N4O2. The Hall–Kier alpha value is -1.99.